The largest absolute Gasteiger partial charge is 0.497 e. The molecule has 31 heavy (non-hydrogen) atoms. The van der Waals surface area contributed by atoms with Crippen molar-refractivity contribution in [1.29, 1.82) is 0 Å². The number of methoxy groups -OCH3 is 1. The quantitative estimate of drug-likeness (QED) is 0.435. The molecular weight excluding hydrogens is 408 g/mol. The number of aliphatic imine (C=N–C) groups is 1. The summed E-state index contributed by atoms with van der Waals surface area (Å²) in [4.78, 5) is 29.9. The summed E-state index contributed by atoms with van der Waals surface area (Å²) in [6.07, 6.45) is 0. The average molecular weight is 429 g/mol. The monoisotopic (exact) mass is 428 g/mol. The predicted octanol–water partition coefficient (Wildman–Crippen LogP) is 5.40. The number of aryl methyl sites for hydroxylation is 1. The van der Waals surface area contributed by atoms with E-state index in [1.807, 2.05) is 85.8 Å². The lowest BCUT2D eigenvalue weighted by Crippen LogP contribution is -2.13. The number of anilines is 1. The zero-order chi connectivity index (χ0) is 21.8. The fourth-order valence-electron chi connectivity index (χ4n) is 3.12. The van der Waals surface area contributed by atoms with Gasteiger partial charge >= 0.3 is 0 Å². The van der Waals surface area contributed by atoms with Crippen LogP contribution in [0.1, 0.15) is 11.1 Å². The summed E-state index contributed by atoms with van der Waals surface area (Å²) in [5.74, 6) is 0.166. The molecule has 0 saturated carbocycles. The van der Waals surface area contributed by atoms with E-state index in [4.69, 9.17) is 4.74 Å². The summed E-state index contributed by atoms with van der Waals surface area (Å²) in [7, 11) is 1.60. The zero-order valence-corrected chi connectivity index (χ0v) is 17.9. The van der Waals surface area contributed by atoms with Gasteiger partial charge in [-0.05, 0) is 60.6 Å². The normalized spacial score (nSPS) is 16.5. The van der Waals surface area contributed by atoms with Crippen LogP contribution in [-0.2, 0) is 9.59 Å². The molecule has 1 fully saturated rings. The molecule has 0 amide bonds. The fraction of sp³-hybridized carbons (Fsp3) is 0.0800. The minimum absolute atomic E-state index is 0.276. The molecule has 0 spiro atoms. The van der Waals surface area contributed by atoms with Gasteiger partial charge in [-0.2, -0.15) is 0 Å². The van der Waals surface area contributed by atoms with Crippen molar-refractivity contribution in [1.82, 2.24) is 0 Å². The van der Waals surface area contributed by atoms with E-state index in [1.54, 1.807) is 7.11 Å². The first-order chi connectivity index (χ1) is 15.0. The van der Waals surface area contributed by atoms with Crippen LogP contribution in [0.2, 0.25) is 0 Å². The number of hydrogen-bond donors (Lipinski definition) is 1. The first-order valence-electron chi connectivity index (χ1n) is 9.68. The lowest BCUT2D eigenvalue weighted by Gasteiger charge is -2.15. The van der Waals surface area contributed by atoms with E-state index in [2.05, 4.69) is 10.3 Å². The van der Waals surface area contributed by atoms with Crippen molar-refractivity contribution < 1.29 is 14.3 Å². The van der Waals surface area contributed by atoms with Gasteiger partial charge < -0.3 is 10.1 Å². The first kappa shape index (κ1) is 20.6. The Kier molecular flexibility index (Phi) is 6.00. The highest BCUT2D eigenvalue weighted by atomic mass is 32.2. The molecule has 3 aromatic carbocycles. The Morgan fingerprint density at radius 3 is 2.23 bits per heavy atom. The van der Waals surface area contributed by atoms with Gasteiger partial charge in [-0.25, -0.2) is 4.99 Å². The molecule has 1 saturated heterocycles. The number of benzene rings is 3. The van der Waals surface area contributed by atoms with Gasteiger partial charge in [-0.3, -0.25) is 9.59 Å². The molecular formula is C25H20N2O3S. The number of rotatable bonds is 5. The standard InChI is InChI=1S/C25H20N2O3S/c1-16-8-10-19(11-9-16)27-24-21(23(28)25(29)31-24)22(17-6-4-3-5-7-17)26-18-12-14-20(30-2)15-13-18/h3-15,26H,1-2H3/b22-21-,27-24?. The molecule has 154 valence electrons. The lowest BCUT2D eigenvalue weighted by atomic mass is 10.0. The molecule has 0 atom stereocenters. The van der Waals surface area contributed by atoms with Crippen molar-refractivity contribution in [3.8, 4) is 5.75 Å². The summed E-state index contributed by atoms with van der Waals surface area (Å²) >= 11 is 0.864. The van der Waals surface area contributed by atoms with Crippen LogP contribution in [0.5, 0.6) is 5.75 Å². The summed E-state index contributed by atoms with van der Waals surface area (Å²) in [5.41, 5.74) is 4.16. The van der Waals surface area contributed by atoms with Crippen LogP contribution in [-0.4, -0.2) is 23.1 Å². The SMILES string of the molecule is COc1ccc(N/C(=C2/C(=O)C(=O)SC2=Nc2ccc(C)cc2)c2ccccc2)cc1. The number of ketones is 1. The van der Waals surface area contributed by atoms with Crippen LogP contribution < -0.4 is 10.1 Å². The molecule has 0 aromatic heterocycles. The zero-order valence-electron chi connectivity index (χ0n) is 17.1. The fourth-order valence-corrected chi connectivity index (χ4v) is 3.94. The molecule has 1 heterocycles. The number of Topliss-reactive ketones (excluding diaryl/α,β-unsaturated/α-hetero) is 1. The topological polar surface area (TPSA) is 67.8 Å². The van der Waals surface area contributed by atoms with Crippen molar-refractivity contribution >= 4 is 44.8 Å². The number of thioether (sulfide) groups is 1. The van der Waals surface area contributed by atoms with Crippen LogP contribution >= 0.6 is 11.8 Å². The van der Waals surface area contributed by atoms with Crippen LogP contribution in [0.15, 0.2) is 89.4 Å². The molecule has 5 nitrogen and oxygen atoms in total. The molecule has 0 radical (unpaired) electrons. The molecule has 1 aliphatic rings. The third-order valence-electron chi connectivity index (χ3n) is 4.75. The van der Waals surface area contributed by atoms with E-state index in [1.165, 1.54) is 0 Å². The van der Waals surface area contributed by atoms with Gasteiger partial charge in [-0.1, -0.05) is 48.0 Å². The minimum Gasteiger partial charge on any atom is -0.497 e. The van der Waals surface area contributed by atoms with E-state index in [0.29, 0.717) is 16.4 Å². The van der Waals surface area contributed by atoms with Gasteiger partial charge in [-0.15, -0.1) is 0 Å². The number of hydrogen-bond acceptors (Lipinski definition) is 6. The Morgan fingerprint density at radius 2 is 1.58 bits per heavy atom. The van der Waals surface area contributed by atoms with Gasteiger partial charge in [0, 0.05) is 5.69 Å². The van der Waals surface area contributed by atoms with Gasteiger partial charge in [0.1, 0.15) is 10.8 Å². The molecule has 4 rings (SSSR count). The van der Waals surface area contributed by atoms with E-state index < -0.39 is 10.9 Å². The summed E-state index contributed by atoms with van der Waals surface area (Å²) in [6.45, 7) is 1.99. The summed E-state index contributed by atoms with van der Waals surface area (Å²) in [5, 5.41) is 3.17. The van der Waals surface area contributed by atoms with Gasteiger partial charge in [0.15, 0.2) is 0 Å². The number of nitrogens with one attached hydrogen (secondary N) is 1. The Hall–Kier alpha value is -3.64. The molecule has 0 unspecified atom stereocenters. The average Bonchev–Trinajstić information content (AvgIpc) is 3.07. The summed E-state index contributed by atoms with van der Waals surface area (Å²) < 4.78 is 5.22. The Balaban J connectivity index is 1.85. The molecule has 1 aliphatic heterocycles. The Labute approximate surface area is 184 Å². The molecule has 1 N–H and O–H groups in total. The van der Waals surface area contributed by atoms with E-state index in [9.17, 15) is 9.59 Å². The Morgan fingerprint density at radius 1 is 0.903 bits per heavy atom. The van der Waals surface area contributed by atoms with E-state index in [0.717, 1.165) is 34.3 Å². The van der Waals surface area contributed by atoms with Crippen LogP contribution in [0.3, 0.4) is 0 Å². The lowest BCUT2D eigenvalue weighted by molar-refractivity contribution is -0.128. The third-order valence-corrected chi connectivity index (χ3v) is 5.61. The third kappa shape index (κ3) is 4.59. The van der Waals surface area contributed by atoms with Crippen LogP contribution in [0, 0.1) is 6.92 Å². The molecule has 6 heteroatoms. The van der Waals surface area contributed by atoms with Crippen molar-refractivity contribution in [3.05, 3.63) is 95.6 Å². The maximum Gasteiger partial charge on any atom is 0.266 e. The number of nitrogens with zero attached hydrogens (tertiary/aromatic N) is 1. The second-order valence-electron chi connectivity index (χ2n) is 6.94. The number of carbonyl (C=O) groups excluding carboxylic acids is 2. The molecule has 3 aromatic rings. The summed E-state index contributed by atoms with van der Waals surface area (Å²) in [6, 6.07) is 24.4. The Bertz CT molecular complexity index is 1180. The maximum atomic E-state index is 12.9. The van der Waals surface area contributed by atoms with Crippen LogP contribution in [0.4, 0.5) is 11.4 Å². The number of carbonyl (C=O) groups is 2. The van der Waals surface area contributed by atoms with E-state index in [-0.39, 0.29) is 5.57 Å². The van der Waals surface area contributed by atoms with Gasteiger partial charge in [0.25, 0.3) is 5.12 Å². The predicted molar refractivity (Wildman–Crippen MR) is 126 cm³/mol. The number of ether oxygens (including phenoxy) is 1. The minimum atomic E-state index is -0.560. The highest BCUT2D eigenvalue weighted by molar-refractivity contribution is 8.29. The molecule has 0 bridgehead atoms. The smallest absolute Gasteiger partial charge is 0.266 e. The van der Waals surface area contributed by atoms with Crippen molar-refractivity contribution in [2.75, 3.05) is 12.4 Å². The second-order valence-corrected chi connectivity index (χ2v) is 7.90. The van der Waals surface area contributed by atoms with Gasteiger partial charge in [0.2, 0.25) is 5.78 Å². The van der Waals surface area contributed by atoms with Crippen molar-refractivity contribution in [2.45, 2.75) is 6.92 Å². The highest BCUT2D eigenvalue weighted by Gasteiger charge is 2.37. The van der Waals surface area contributed by atoms with Gasteiger partial charge in [0.05, 0.1) is 24.1 Å². The second kappa shape index (κ2) is 9.02. The maximum absolute atomic E-state index is 12.9. The van der Waals surface area contributed by atoms with Crippen molar-refractivity contribution in [3.63, 3.8) is 0 Å². The first-order valence-corrected chi connectivity index (χ1v) is 10.5. The molecule has 0 aliphatic carbocycles. The van der Waals surface area contributed by atoms with Crippen LogP contribution in [0.25, 0.3) is 5.70 Å². The highest BCUT2D eigenvalue weighted by Crippen LogP contribution is 2.34. The van der Waals surface area contributed by atoms with Crippen molar-refractivity contribution in [2.24, 2.45) is 4.99 Å². The van der Waals surface area contributed by atoms with E-state index >= 15 is 0 Å².